The van der Waals surface area contributed by atoms with Crippen LogP contribution in [0.4, 0.5) is 5.69 Å². The summed E-state index contributed by atoms with van der Waals surface area (Å²) in [4.78, 5) is 38.9. The van der Waals surface area contributed by atoms with Crippen LogP contribution >= 0.6 is 0 Å². The molecule has 0 amide bonds. The van der Waals surface area contributed by atoms with Gasteiger partial charge < -0.3 is 0 Å². The van der Waals surface area contributed by atoms with Gasteiger partial charge in [0.1, 0.15) is 0 Å². The number of ketones is 1. The molecule has 0 fully saturated rings. The van der Waals surface area contributed by atoms with Crippen LogP contribution in [0.15, 0.2) is 48.5 Å². The summed E-state index contributed by atoms with van der Waals surface area (Å²) < 4.78 is 1.23. The van der Waals surface area contributed by atoms with Crippen LogP contribution in [0.2, 0.25) is 0 Å². The minimum Gasteiger partial charge on any atom is -0.291 e. The number of aromatic nitrogens is 2. The molecule has 0 bridgehead atoms. The van der Waals surface area contributed by atoms with Crippen molar-refractivity contribution < 1.29 is 14.5 Å². The van der Waals surface area contributed by atoms with Crippen molar-refractivity contribution >= 4 is 28.4 Å². The van der Waals surface area contributed by atoms with Gasteiger partial charge in [-0.15, -0.1) is 0 Å². The molecule has 23 heavy (non-hydrogen) atoms. The zero-order valence-corrected chi connectivity index (χ0v) is 12.1. The van der Waals surface area contributed by atoms with Crippen LogP contribution in [0.3, 0.4) is 0 Å². The molecule has 0 unspecified atom stereocenters. The number of rotatable bonds is 3. The molecule has 0 aliphatic carbocycles. The second kappa shape index (κ2) is 5.45. The number of nitro benzene ring substituents is 1. The third-order valence-electron chi connectivity index (χ3n) is 3.40. The molecule has 0 saturated heterocycles. The Morgan fingerprint density at radius 3 is 2.35 bits per heavy atom. The Kier molecular flexibility index (Phi) is 3.46. The van der Waals surface area contributed by atoms with Crippen molar-refractivity contribution in [2.75, 3.05) is 0 Å². The van der Waals surface area contributed by atoms with Crippen LogP contribution in [0.1, 0.15) is 27.9 Å². The van der Waals surface area contributed by atoms with Gasteiger partial charge >= 0.3 is 0 Å². The molecule has 114 valence electrons. The van der Waals surface area contributed by atoms with Crippen LogP contribution in [0.25, 0.3) is 11.0 Å². The number of hydrogen-bond donors (Lipinski definition) is 0. The van der Waals surface area contributed by atoms with Gasteiger partial charge in [0.15, 0.2) is 11.6 Å². The van der Waals surface area contributed by atoms with Gasteiger partial charge in [-0.1, -0.05) is 12.1 Å². The summed E-state index contributed by atoms with van der Waals surface area (Å²) in [5, 5.41) is 10.7. The smallest absolute Gasteiger partial charge is 0.269 e. The highest BCUT2D eigenvalue weighted by Gasteiger charge is 2.21. The molecule has 3 rings (SSSR count). The van der Waals surface area contributed by atoms with E-state index in [0.717, 1.165) is 0 Å². The molecular weight excluding hydrogens is 298 g/mol. The third-order valence-corrected chi connectivity index (χ3v) is 3.40. The molecule has 3 aromatic rings. The number of imidazole rings is 1. The SMILES string of the molecule is CC(=O)c1nc2ccccc2n1C(=O)c1ccc([N+](=O)[O-])cc1. The lowest BCUT2D eigenvalue weighted by Crippen LogP contribution is -2.17. The van der Waals surface area contributed by atoms with E-state index in [-0.39, 0.29) is 22.9 Å². The van der Waals surface area contributed by atoms with Gasteiger partial charge in [-0.2, -0.15) is 0 Å². The number of non-ortho nitro benzene ring substituents is 1. The second-order valence-corrected chi connectivity index (χ2v) is 4.92. The van der Waals surface area contributed by atoms with E-state index >= 15 is 0 Å². The maximum Gasteiger partial charge on any atom is 0.269 e. The minimum absolute atomic E-state index is 0.0366. The average molecular weight is 309 g/mol. The van der Waals surface area contributed by atoms with E-state index in [1.807, 2.05) is 0 Å². The van der Waals surface area contributed by atoms with Gasteiger partial charge in [0.05, 0.1) is 16.0 Å². The first kappa shape index (κ1) is 14.6. The molecule has 0 saturated carbocycles. The molecule has 0 spiro atoms. The second-order valence-electron chi connectivity index (χ2n) is 4.92. The highest BCUT2D eigenvalue weighted by molar-refractivity contribution is 6.07. The summed E-state index contributed by atoms with van der Waals surface area (Å²) in [6.07, 6.45) is 0. The summed E-state index contributed by atoms with van der Waals surface area (Å²) in [5.41, 5.74) is 1.18. The lowest BCUT2D eigenvalue weighted by molar-refractivity contribution is -0.384. The molecule has 0 radical (unpaired) electrons. The van der Waals surface area contributed by atoms with Gasteiger partial charge in [-0.25, -0.2) is 4.98 Å². The molecule has 0 N–H and O–H groups in total. The molecule has 0 aliphatic rings. The zero-order valence-electron chi connectivity index (χ0n) is 12.1. The van der Waals surface area contributed by atoms with E-state index in [0.29, 0.717) is 11.0 Å². The topological polar surface area (TPSA) is 95.1 Å². The number of benzene rings is 2. The summed E-state index contributed by atoms with van der Waals surface area (Å²) in [6.45, 7) is 1.33. The van der Waals surface area contributed by atoms with Crippen molar-refractivity contribution in [3.05, 3.63) is 70.0 Å². The monoisotopic (exact) mass is 309 g/mol. The molecule has 1 aromatic heterocycles. The Hall–Kier alpha value is -3.35. The average Bonchev–Trinajstić information content (AvgIpc) is 2.94. The van der Waals surface area contributed by atoms with Gasteiger partial charge in [-0.05, 0) is 24.3 Å². The van der Waals surface area contributed by atoms with Crippen molar-refractivity contribution in [3.63, 3.8) is 0 Å². The van der Waals surface area contributed by atoms with Crippen molar-refractivity contribution in [2.24, 2.45) is 0 Å². The van der Waals surface area contributed by atoms with Crippen molar-refractivity contribution in [3.8, 4) is 0 Å². The van der Waals surface area contributed by atoms with E-state index in [2.05, 4.69) is 4.98 Å². The first-order valence-electron chi connectivity index (χ1n) is 6.76. The van der Waals surface area contributed by atoms with Crippen LogP contribution in [0, 0.1) is 10.1 Å². The lowest BCUT2D eigenvalue weighted by atomic mass is 10.2. The molecular formula is C16H11N3O4. The Balaban J connectivity index is 2.15. The van der Waals surface area contributed by atoms with Crippen molar-refractivity contribution in [1.82, 2.24) is 9.55 Å². The predicted molar refractivity (Wildman–Crippen MR) is 82.6 cm³/mol. The Morgan fingerprint density at radius 2 is 1.74 bits per heavy atom. The minimum atomic E-state index is -0.540. The number of carbonyl (C=O) groups excluding carboxylic acids is 2. The Bertz CT molecular complexity index is 942. The predicted octanol–water partition coefficient (Wildman–Crippen LogP) is 2.84. The van der Waals surface area contributed by atoms with Crippen molar-refractivity contribution in [2.45, 2.75) is 6.92 Å². The number of para-hydroxylation sites is 2. The van der Waals surface area contributed by atoms with E-state index < -0.39 is 10.8 Å². The van der Waals surface area contributed by atoms with Gasteiger partial charge in [-0.3, -0.25) is 24.3 Å². The standard InChI is InChI=1S/C16H11N3O4/c1-10(20)15-17-13-4-2-3-5-14(13)18(15)16(21)11-6-8-12(9-7-11)19(22)23/h2-9H,1H3. The number of nitro groups is 1. The number of Topliss-reactive ketones (excluding diaryl/α,β-unsaturated/α-hetero) is 1. The van der Waals surface area contributed by atoms with Gasteiger partial charge in [0.2, 0.25) is 0 Å². The van der Waals surface area contributed by atoms with E-state index in [4.69, 9.17) is 0 Å². The third kappa shape index (κ3) is 2.48. The summed E-state index contributed by atoms with van der Waals surface area (Å²) >= 11 is 0. The fraction of sp³-hybridized carbons (Fsp3) is 0.0625. The van der Waals surface area contributed by atoms with Crippen molar-refractivity contribution in [1.29, 1.82) is 0 Å². The quantitative estimate of drug-likeness (QED) is 0.421. The fourth-order valence-electron chi connectivity index (χ4n) is 2.32. The Morgan fingerprint density at radius 1 is 1.09 bits per heavy atom. The molecule has 0 atom stereocenters. The maximum atomic E-state index is 12.7. The van der Waals surface area contributed by atoms with Crippen LogP contribution < -0.4 is 0 Å². The van der Waals surface area contributed by atoms with Gasteiger partial charge in [0.25, 0.3) is 11.6 Å². The fourth-order valence-corrected chi connectivity index (χ4v) is 2.32. The van der Waals surface area contributed by atoms with E-state index in [1.54, 1.807) is 24.3 Å². The molecule has 0 aliphatic heterocycles. The molecule has 7 heteroatoms. The normalized spacial score (nSPS) is 10.7. The highest BCUT2D eigenvalue weighted by atomic mass is 16.6. The van der Waals surface area contributed by atoms with Gasteiger partial charge in [0, 0.05) is 24.6 Å². The van der Waals surface area contributed by atoms with E-state index in [9.17, 15) is 19.7 Å². The largest absolute Gasteiger partial charge is 0.291 e. The van der Waals surface area contributed by atoms with Crippen LogP contribution in [-0.4, -0.2) is 26.2 Å². The summed E-state index contributed by atoms with van der Waals surface area (Å²) in [5.74, 6) is -0.759. The highest BCUT2D eigenvalue weighted by Crippen LogP contribution is 2.20. The number of nitrogens with zero attached hydrogens (tertiary/aromatic N) is 3. The molecule has 2 aromatic carbocycles. The maximum absolute atomic E-state index is 12.7. The number of fused-ring (bicyclic) bond motifs is 1. The number of hydrogen-bond acceptors (Lipinski definition) is 5. The zero-order chi connectivity index (χ0) is 16.6. The lowest BCUT2D eigenvalue weighted by Gasteiger charge is -2.06. The van der Waals surface area contributed by atoms with E-state index in [1.165, 1.54) is 35.8 Å². The first-order valence-corrected chi connectivity index (χ1v) is 6.76. The molecule has 7 nitrogen and oxygen atoms in total. The van der Waals surface area contributed by atoms with Crippen LogP contribution in [0.5, 0.6) is 0 Å². The number of carbonyl (C=O) groups is 2. The first-order chi connectivity index (χ1) is 11.0. The molecule has 1 heterocycles. The summed E-state index contributed by atoms with van der Waals surface area (Å²) in [7, 11) is 0. The summed E-state index contributed by atoms with van der Waals surface area (Å²) in [6, 6.07) is 12.1. The Labute approximate surface area is 130 Å². The van der Waals surface area contributed by atoms with Crippen LogP contribution in [-0.2, 0) is 0 Å².